The molecule has 20 heavy (non-hydrogen) atoms. The number of aliphatic hydroxyl groups is 1. The number of fused-ring (bicyclic) bond motifs is 1. The van der Waals surface area contributed by atoms with E-state index in [0.29, 0.717) is 0 Å². The van der Waals surface area contributed by atoms with Crippen LogP contribution in [-0.4, -0.2) is 5.11 Å². The molecule has 0 fully saturated rings. The van der Waals surface area contributed by atoms with Gasteiger partial charge >= 0.3 is 0 Å². The molecule has 0 aliphatic carbocycles. The molecule has 3 aromatic rings. The monoisotopic (exact) mass is 326 g/mol. The third kappa shape index (κ3) is 2.26. The summed E-state index contributed by atoms with van der Waals surface area (Å²) < 4.78 is 0.973. The van der Waals surface area contributed by atoms with Crippen molar-refractivity contribution in [3.8, 4) is 0 Å². The lowest BCUT2D eigenvalue weighted by atomic mass is 9.95. The van der Waals surface area contributed by atoms with Crippen LogP contribution in [0.5, 0.6) is 0 Å². The molecule has 100 valence electrons. The zero-order valence-electron chi connectivity index (χ0n) is 11.2. The van der Waals surface area contributed by atoms with Crippen molar-refractivity contribution in [2.75, 3.05) is 0 Å². The Balaban J connectivity index is 2.18. The number of rotatable bonds is 2. The molecule has 1 N–H and O–H groups in total. The molecule has 1 nitrogen and oxygen atoms in total. The second-order valence-electron chi connectivity index (χ2n) is 4.95. The number of aryl methyl sites for hydroxylation is 1. The van der Waals surface area contributed by atoms with E-state index in [0.717, 1.165) is 31.9 Å². The summed E-state index contributed by atoms with van der Waals surface area (Å²) in [5.74, 6) is 0. The van der Waals surface area contributed by atoms with Gasteiger partial charge in [0.25, 0.3) is 0 Å². The summed E-state index contributed by atoms with van der Waals surface area (Å²) in [6, 6.07) is 20.2. The fourth-order valence-corrected chi connectivity index (χ4v) is 3.02. The molecule has 0 aliphatic rings. The molecule has 1 unspecified atom stereocenters. The lowest BCUT2D eigenvalue weighted by Crippen LogP contribution is -2.02. The fourth-order valence-electron chi connectivity index (χ4n) is 2.54. The van der Waals surface area contributed by atoms with Crippen molar-refractivity contribution in [3.05, 3.63) is 81.8 Å². The van der Waals surface area contributed by atoms with Crippen LogP contribution in [-0.2, 0) is 0 Å². The predicted molar refractivity (Wildman–Crippen MR) is 86.9 cm³/mol. The molecule has 0 bridgehead atoms. The molecule has 0 aliphatic heterocycles. The summed E-state index contributed by atoms with van der Waals surface area (Å²) in [6.07, 6.45) is -0.629. The Labute approximate surface area is 127 Å². The summed E-state index contributed by atoms with van der Waals surface area (Å²) in [5.41, 5.74) is 2.97. The van der Waals surface area contributed by atoms with Gasteiger partial charge in [0.1, 0.15) is 6.10 Å². The van der Waals surface area contributed by atoms with Gasteiger partial charge in [-0.15, -0.1) is 0 Å². The minimum absolute atomic E-state index is 0.629. The number of halogens is 1. The van der Waals surface area contributed by atoms with E-state index in [1.54, 1.807) is 0 Å². The van der Waals surface area contributed by atoms with Crippen molar-refractivity contribution in [1.82, 2.24) is 0 Å². The average molecular weight is 327 g/mol. The van der Waals surface area contributed by atoms with Crippen LogP contribution in [0.15, 0.2) is 65.1 Å². The molecule has 2 heteroatoms. The topological polar surface area (TPSA) is 20.2 Å². The fraction of sp³-hybridized carbons (Fsp3) is 0.111. The molecule has 0 radical (unpaired) electrons. The van der Waals surface area contributed by atoms with Crippen LogP contribution in [0.4, 0.5) is 0 Å². The van der Waals surface area contributed by atoms with Crippen molar-refractivity contribution < 1.29 is 5.11 Å². The smallest absolute Gasteiger partial charge is 0.106 e. The van der Waals surface area contributed by atoms with Crippen LogP contribution < -0.4 is 0 Å². The normalized spacial score (nSPS) is 12.6. The van der Waals surface area contributed by atoms with E-state index in [4.69, 9.17) is 0 Å². The van der Waals surface area contributed by atoms with Crippen LogP contribution in [0.1, 0.15) is 22.8 Å². The van der Waals surface area contributed by atoms with Crippen molar-refractivity contribution in [1.29, 1.82) is 0 Å². The van der Waals surface area contributed by atoms with E-state index in [-0.39, 0.29) is 0 Å². The standard InChI is InChI=1S/C18H15BrO/c1-12-6-4-11-16(17(12)19)18(20)15-10-5-8-13-7-2-3-9-14(13)15/h2-11,18,20H,1H3. The Morgan fingerprint density at radius 3 is 2.35 bits per heavy atom. The van der Waals surface area contributed by atoms with Gasteiger partial charge in [0.2, 0.25) is 0 Å². The Morgan fingerprint density at radius 2 is 1.50 bits per heavy atom. The van der Waals surface area contributed by atoms with Crippen molar-refractivity contribution in [3.63, 3.8) is 0 Å². The molecule has 0 saturated heterocycles. The highest BCUT2D eigenvalue weighted by Crippen LogP contribution is 2.33. The summed E-state index contributed by atoms with van der Waals surface area (Å²) in [4.78, 5) is 0. The summed E-state index contributed by atoms with van der Waals surface area (Å²) >= 11 is 3.58. The van der Waals surface area contributed by atoms with Gasteiger partial charge in [-0.3, -0.25) is 0 Å². The Kier molecular flexibility index (Phi) is 3.60. The number of hydrogen-bond donors (Lipinski definition) is 1. The van der Waals surface area contributed by atoms with Gasteiger partial charge in [0, 0.05) is 4.47 Å². The van der Waals surface area contributed by atoms with Gasteiger partial charge in [-0.25, -0.2) is 0 Å². The van der Waals surface area contributed by atoms with Crippen molar-refractivity contribution >= 4 is 26.7 Å². The molecule has 0 heterocycles. The maximum Gasteiger partial charge on any atom is 0.106 e. The van der Waals surface area contributed by atoms with Crippen LogP contribution in [0.25, 0.3) is 10.8 Å². The van der Waals surface area contributed by atoms with Crippen LogP contribution >= 0.6 is 15.9 Å². The molecule has 0 aromatic heterocycles. The van der Waals surface area contributed by atoms with E-state index in [9.17, 15) is 5.11 Å². The van der Waals surface area contributed by atoms with Gasteiger partial charge in [-0.05, 0) is 34.4 Å². The molecule has 3 aromatic carbocycles. The minimum Gasteiger partial charge on any atom is -0.384 e. The van der Waals surface area contributed by atoms with Crippen molar-refractivity contribution in [2.45, 2.75) is 13.0 Å². The van der Waals surface area contributed by atoms with Crippen LogP contribution in [0, 0.1) is 6.92 Å². The second-order valence-corrected chi connectivity index (χ2v) is 5.74. The number of benzene rings is 3. The van der Waals surface area contributed by atoms with E-state index in [1.165, 1.54) is 0 Å². The maximum absolute atomic E-state index is 10.8. The highest BCUT2D eigenvalue weighted by atomic mass is 79.9. The zero-order valence-corrected chi connectivity index (χ0v) is 12.8. The predicted octanol–water partition coefficient (Wildman–Crippen LogP) is 4.99. The molecule has 0 spiro atoms. The largest absolute Gasteiger partial charge is 0.384 e. The average Bonchev–Trinajstić information content (AvgIpc) is 2.49. The molecular weight excluding hydrogens is 312 g/mol. The first-order valence-corrected chi connectivity index (χ1v) is 7.38. The number of hydrogen-bond acceptors (Lipinski definition) is 1. The van der Waals surface area contributed by atoms with Gasteiger partial charge < -0.3 is 5.11 Å². The van der Waals surface area contributed by atoms with E-state index in [1.807, 2.05) is 49.4 Å². The first-order valence-electron chi connectivity index (χ1n) is 6.59. The van der Waals surface area contributed by atoms with Crippen LogP contribution in [0.2, 0.25) is 0 Å². The highest BCUT2D eigenvalue weighted by molar-refractivity contribution is 9.10. The summed E-state index contributed by atoms with van der Waals surface area (Å²) in [7, 11) is 0. The van der Waals surface area contributed by atoms with Gasteiger partial charge in [-0.2, -0.15) is 0 Å². The highest BCUT2D eigenvalue weighted by Gasteiger charge is 2.16. The van der Waals surface area contributed by atoms with Gasteiger partial charge in [0.15, 0.2) is 0 Å². The molecule has 3 rings (SSSR count). The van der Waals surface area contributed by atoms with E-state index < -0.39 is 6.10 Å². The molecular formula is C18H15BrO. The van der Waals surface area contributed by atoms with Gasteiger partial charge in [0.05, 0.1) is 0 Å². The zero-order chi connectivity index (χ0) is 14.1. The second kappa shape index (κ2) is 5.39. The summed E-state index contributed by atoms with van der Waals surface area (Å²) in [5, 5.41) is 13.0. The van der Waals surface area contributed by atoms with E-state index >= 15 is 0 Å². The lowest BCUT2D eigenvalue weighted by molar-refractivity contribution is 0.221. The minimum atomic E-state index is -0.629. The Bertz CT molecular complexity index is 759. The Morgan fingerprint density at radius 1 is 0.850 bits per heavy atom. The molecule has 0 amide bonds. The Hall–Kier alpha value is -1.64. The van der Waals surface area contributed by atoms with Crippen molar-refractivity contribution in [2.24, 2.45) is 0 Å². The lowest BCUT2D eigenvalue weighted by Gasteiger charge is -2.16. The maximum atomic E-state index is 10.8. The third-order valence-corrected chi connectivity index (χ3v) is 4.72. The number of aliphatic hydroxyl groups excluding tert-OH is 1. The molecule has 0 saturated carbocycles. The van der Waals surface area contributed by atoms with Crippen LogP contribution in [0.3, 0.4) is 0 Å². The SMILES string of the molecule is Cc1cccc(C(O)c2cccc3ccccc23)c1Br. The first kappa shape index (κ1) is 13.3. The first-order chi connectivity index (χ1) is 9.68. The van der Waals surface area contributed by atoms with E-state index in [2.05, 4.69) is 34.1 Å². The quantitative estimate of drug-likeness (QED) is 0.703. The van der Waals surface area contributed by atoms with Gasteiger partial charge in [-0.1, -0.05) is 76.6 Å². The summed E-state index contributed by atoms with van der Waals surface area (Å²) in [6.45, 7) is 2.03. The third-order valence-electron chi connectivity index (χ3n) is 3.63. The molecule has 1 atom stereocenters.